The van der Waals surface area contributed by atoms with Crippen LogP contribution >= 0.6 is 0 Å². The summed E-state index contributed by atoms with van der Waals surface area (Å²) in [6.07, 6.45) is 1.56. The van der Waals surface area contributed by atoms with E-state index in [0.717, 1.165) is 0 Å². The van der Waals surface area contributed by atoms with E-state index in [-0.39, 0.29) is 23.7 Å². The highest BCUT2D eigenvalue weighted by Crippen LogP contribution is 2.19. The van der Waals surface area contributed by atoms with Crippen molar-refractivity contribution < 1.29 is 9.59 Å². The molecular formula is C20H17N5O3. The molecule has 140 valence electrons. The molecule has 8 heteroatoms. The van der Waals surface area contributed by atoms with Crippen LogP contribution in [0.1, 0.15) is 23.7 Å². The van der Waals surface area contributed by atoms with Crippen LogP contribution in [0.25, 0.3) is 11.0 Å². The molecule has 0 radical (unpaired) electrons. The summed E-state index contributed by atoms with van der Waals surface area (Å²) < 4.78 is 1.45. The van der Waals surface area contributed by atoms with E-state index in [2.05, 4.69) is 15.4 Å². The topological polar surface area (TPSA) is 96.7 Å². The minimum Gasteiger partial charge on any atom is -0.308 e. The summed E-state index contributed by atoms with van der Waals surface area (Å²) in [5.41, 5.74) is 0.684. The van der Waals surface area contributed by atoms with Gasteiger partial charge in [-0.2, -0.15) is 10.1 Å². The van der Waals surface area contributed by atoms with Crippen LogP contribution in [0.15, 0.2) is 64.6 Å². The molecular weight excluding hydrogens is 358 g/mol. The number of hydrazone groups is 1. The number of benzene rings is 1. The van der Waals surface area contributed by atoms with Gasteiger partial charge >= 0.3 is 0 Å². The normalized spacial score (nSPS) is 13.7. The Morgan fingerprint density at radius 1 is 1.14 bits per heavy atom. The molecule has 0 atom stereocenters. The number of amides is 2. The van der Waals surface area contributed by atoms with Crippen molar-refractivity contribution in [1.82, 2.24) is 14.9 Å². The van der Waals surface area contributed by atoms with Crippen LogP contribution in [0, 0.1) is 0 Å². The molecule has 3 aromatic rings. The van der Waals surface area contributed by atoms with Crippen molar-refractivity contribution >= 4 is 34.4 Å². The van der Waals surface area contributed by atoms with Crippen molar-refractivity contribution in [3.63, 3.8) is 0 Å². The summed E-state index contributed by atoms with van der Waals surface area (Å²) in [4.78, 5) is 41.9. The van der Waals surface area contributed by atoms with Gasteiger partial charge in [0.2, 0.25) is 0 Å². The molecule has 28 heavy (non-hydrogen) atoms. The number of anilines is 1. The number of rotatable bonds is 3. The number of amidine groups is 1. The van der Waals surface area contributed by atoms with Crippen LogP contribution in [-0.2, 0) is 11.3 Å². The molecule has 0 spiro atoms. The van der Waals surface area contributed by atoms with Crippen molar-refractivity contribution in [3.05, 3.63) is 70.6 Å². The van der Waals surface area contributed by atoms with Crippen molar-refractivity contribution in [3.8, 4) is 0 Å². The first-order valence-electron chi connectivity index (χ1n) is 8.84. The lowest BCUT2D eigenvalue weighted by Crippen LogP contribution is -2.36. The van der Waals surface area contributed by atoms with E-state index >= 15 is 0 Å². The Morgan fingerprint density at radius 2 is 1.93 bits per heavy atom. The van der Waals surface area contributed by atoms with Gasteiger partial charge in [0.25, 0.3) is 17.4 Å². The maximum absolute atomic E-state index is 12.7. The van der Waals surface area contributed by atoms with Crippen molar-refractivity contribution in [2.24, 2.45) is 5.10 Å². The lowest BCUT2D eigenvalue weighted by Gasteiger charge is -2.10. The summed E-state index contributed by atoms with van der Waals surface area (Å²) in [7, 11) is 0. The zero-order valence-electron chi connectivity index (χ0n) is 15.1. The fraction of sp³-hybridized carbons (Fsp3) is 0.150. The van der Waals surface area contributed by atoms with Crippen LogP contribution in [0.5, 0.6) is 0 Å². The number of hydrogen-bond acceptors (Lipinski definition) is 5. The van der Waals surface area contributed by atoms with E-state index in [4.69, 9.17) is 0 Å². The Morgan fingerprint density at radius 3 is 2.68 bits per heavy atom. The third-order valence-corrected chi connectivity index (χ3v) is 4.44. The molecule has 1 aromatic carbocycles. The third-order valence-electron chi connectivity index (χ3n) is 4.44. The van der Waals surface area contributed by atoms with Gasteiger partial charge in [-0.05, 0) is 37.3 Å². The van der Waals surface area contributed by atoms with Gasteiger partial charge in [0.1, 0.15) is 17.0 Å². The smallest absolute Gasteiger partial charge is 0.265 e. The second-order valence-electron chi connectivity index (χ2n) is 6.24. The van der Waals surface area contributed by atoms with Gasteiger partial charge in [-0.25, -0.2) is 4.98 Å². The van der Waals surface area contributed by atoms with E-state index in [1.807, 2.05) is 13.0 Å². The third kappa shape index (κ3) is 3.05. The fourth-order valence-electron chi connectivity index (χ4n) is 3.13. The lowest BCUT2D eigenvalue weighted by atomic mass is 10.2. The molecule has 0 aliphatic carbocycles. The van der Waals surface area contributed by atoms with Gasteiger partial charge < -0.3 is 5.32 Å². The zero-order chi connectivity index (χ0) is 19.7. The maximum atomic E-state index is 12.7. The van der Waals surface area contributed by atoms with Gasteiger partial charge in [0.15, 0.2) is 0 Å². The number of para-hydroxylation sites is 1. The van der Waals surface area contributed by atoms with E-state index in [0.29, 0.717) is 23.3 Å². The number of aromatic nitrogens is 2. The minimum absolute atomic E-state index is 0.0179. The largest absolute Gasteiger partial charge is 0.308 e. The second kappa shape index (κ2) is 7.07. The Bertz CT molecular complexity index is 1170. The molecule has 0 bridgehead atoms. The van der Waals surface area contributed by atoms with Crippen LogP contribution in [0.3, 0.4) is 0 Å². The molecule has 0 unspecified atom stereocenters. The van der Waals surface area contributed by atoms with Crippen molar-refractivity contribution in [2.75, 3.05) is 5.01 Å². The van der Waals surface area contributed by atoms with Crippen LogP contribution in [-0.4, -0.2) is 27.2 Å². The second-order valence-corrected chi connectivity index (χ2v) is 6.24. The molecule has 8 nitrogen and oxygen atoms in total. The quantitative estimate of drug-likeness (QED) is 0.756. The predicted molar refractivity (Wildman–Crippen MR) is 105 cm³/mol. The standard InChI is InChI=1S/C20H17N5O3/c1-2-24-18-13(7-6-10-21-18)11-15(20(24)28)19(27)22-16-12-17(26)25(23-16)14-8-4-3-5-9-14/h3-11H,2,12H2,1H3,(H,22,23,27). The van der Waals surface area contributed by atoms with Gasteiger partial charge in [-0.3, -0.25) is 19.0 Å². The van der Waals surface area contributed by atoms with Gasteiger partial charge in [-0.15, -0.1) is 0 Å². The predicted octanol–water partition coefficient (Wildman–Crippen LogP) is 1.90. The van der Waals surface area contributed by atoms with Crippen LogP contribution in [0.4, 0.5) is 5.69 Å². The van der Waals surface area contributed by atoms with E-state index < -0.39 is 11.5 Å². The Kier molecular flexibility index (Phi) is 4.44. The Labute approximate surface area is 160 Å². The number of aryl methyl sites for hydroxylation is 1. The first kappa shape index (κ1) is 17.6. The van der Waals surface area contributed by atoms with Crippen LogP contribution < -0.4 is 15.9 Å². The summed E-state index contributed by atoms with van der Waals surface area (Å²) in [6.45, 7) is 2.20. The molecule has 0 saturated heterocycles. The first-order chi connectivity index (χ1) is 13.6. The van der Waals surface area contributed by atoms with Crippen molar-refractivity contribution in [1.29, 1.82) is 0 Å². The average molecular weight is 375 g/mol. The Balaban J connectivity index is 1.65. The van der Waals surface area contributed by atoms with Crippen molar-refractivity contribution in [2.45, 2.75) is 19.9 Å². The molecule has 2 aromatic heterocycles. The minimum atomic E-state index is -0.598. The van der Waals surface area contributed by atoms with Gasteiger partial charge in [0, 0.05) is 18.1 Å². The lowest BCUT2D eigenvalue weighted by molar-refractivity contribution is -0.116. The molecule has 0 fully saturated rings. The number of carbonyl (C=O) groups is 2. The average Bonchev–Trinajstić information content (AvgIpc) is 3.08. The van der Waals surface area contributed by atoms with Gasteiger partial charge in [0.05, 0.1) is 12.1 Å². The zero-order valence-corrected chi connectivity index (χ0v) is 15.1. The molecule has 3 heterocycles. The number of carbonyl (C=O) groups excluding carboxylic acids is 2. The number of nitrogens with zero attached hydrogens (tertiary/aromatic N) is 4. The first-order valence-corrected chi connectivity index (χ1v) is 8.84. The molecule has 0 saturated carbocycles. The highest BCUT2D eigenvalue weighted by atomic mass is 16.2. The maximum Gasteiger partial charge on any atom is 0.265 e. The van der Waals surface area contributed by atoms with Gasteiger partial charge in [-0.1, -0.05) is 18.2 Å². The number of hydrogen-bond donors (Lipinski definition) is 1. The Hall–Kier alpha value is -3.81. The summed E-state index contributed by atoms with van der Waals surface area (Å²) in [5, 5.41) is 8.71. The highest BCUT2D eigenvalue weighted by Gasteiger charge is 2.27. The molecule has 4 rings (SSSR count). The number of pyridine rings is 2. The molecule has 1 aliphatic heterocycles. The molecule has 2 amide bonds. The summed E-state index contributed by atoms with van der Waals surface area (Å²) >= 11 is 0. The molecule has 1 N–H and O–H groups in total. The van der Waals surface area contributed by atoms with E-state index in [9.17, 15) is 14.4 Å². The SMILES string of the molecule is CCn1c(=O)c(C(=O)NC2=NN(c3ccccc3)C(=O)C2)cc2cccnc21. The summed E-state index contributed by atoms with van der Waals surface area (Å²) in [5.74, 6) is -0.651. The number of fused-ring (bicyclic) bond motifs is 1. The van der Waals surface area contributed by atoms with E-state index in [1.54, 1.807) is 42.6 Å². The fourth-order valence-corrected chi connectivity index (χ4v) is 3.13. The monoisotopic (exact) mass is 375 g/mol. The van der Waals surface area contributed by atoms with E-state index in [1.165, 1.54) is 15.6 Å². The van der Waals surface area contributed by atoms with Crippen LogP contribution in [0.2, 0.25) is 0 Å². The molecule has 1 aliphatic rings. The summed E-state index contributed by atoms with van der Waals surface area (Å²) in [6, 6.07) is 14.0. The number of nitrogens with one attached hydrogen (secondary N) is 1. The highest BCUT2D eigenvalue weighted by molar-refractivity contribution is 6.18.